The van der Waals surface area contributed by atoms with Crippen molar-refractivity contribution >= 4 is 35.5 Å². The van der Waals surface area contributed by atoms with Crippen LogP contribution in [0.1, 0.15) is 107 Å². The molecule has 47 heavy (non-hydrogen) atoms. The highest BCUT2D eigenvalue weighted by Crippen LogP contribution is 2.34. The van der Waals surface area contributed by atoms with Gasteiger partial charge in [-0.3, -0.25) is 19.2 Å². The Labute approximate surface area is 280 Å². The second-order valence-corrected chi connectivity index (χ2v) is 15.4. The third-order valence-corrected chi connectivity index (χ3v) is 8.91. The van der Waals surface area contributed by atoms with Gasteiger partial charge in [0, 0.05) is 13.1 Å². The largest absolute Gasteiger partial charge is 0.458 e. The topological polar surface area (TPSA) is 163 Å². The van der Waals surface area contributed by atoms with Gasteiger partial charge in [0.05, 0.1) is 6.04 Å². The summed E-state index contributed by atoms with van der Waals surface area (Å²) in [5.41, 5.74) is -1.43. The molecule has 12 nitrogen and oxygen atoms in total. The van der Waals surface area contributed by atoms with Crippen molar-refractivity contribution in [3.8, 4) is 0 Å². The number of carbonyl (C=O) groups is 6. The molecule has 0 aromatic heterocycles. The average molecular weight is 662 g/mol. The van der Waals surface area contributed by atoms with Crippen molar-refractivity contribution in [1.29, 1.82) is 0 Å². The lowest BCUT2D eigenvalue weighted by Gasteiger charge is -2.34. The van der Waals surface area contributed by atoms with Crippen LogP contribution in [0.3, 0.4) is 0 Å². The number of carbonyl (C=O) groups excluding carboxylic acids is 6. The van der Waals surface area contributed by atoms with E-state index in [0.717, 1.165) is 25.7 Å². The van der Waals surface area contributed by atoms with E-state index in [0.29, 0.717) is 19.4 Å². The number of esters is 1. The Kier molecular flexibility index (Phi) is 14.5. The van der Waals surface area contributed by atoms with E-state index < -0.39 is 64.8 Å². The Morgan fingerprint density at radius 1 is 0.936 bits per heavy atom. The van der Waals surface area contributed by atoms with Crippen LogP contribution >= 0.6 is 0 Å². The molecular formula is C35H59N5O7. The SMILES string of the molecule is C=CCNC(=O)C(=O)C(CCC)NC(=O)[C@@H]1C[C@@H](C(C)C)CN1C(=O)[C@@H](NC(=O)N[C@H](C(=O)OC(C)(C)C)C(C)(C)C)C1CCCC1. The highest BCUT2D eigenvalue weighted by molar-refractivity contribution is 6.38. The number of hydrogen-bond donors (Lipinski definition) is 4. The number of nitrogens with one attached hydrogen (secondary N) is 4. The number of nitrogens with zero attached hydrogens (tertiary/aromatic N) is 1. The second-order valence-electron chi connectivity index (χ2n) is 15.4. The van der Waals surface area contributed by atoms with Crippen LogP contribution in [0.25, 0.3) is 0 Å². The molecule has 266 valence electrons. The number of amides is 5. The number of Topliss-reactive ketones (excluding diaryl/α,β-unsaturated/α-hetero) is 1. The Bertz CT molecular complexity index is 1150. The summed E-state index contributed by atoms with van der Waals surface area (Å²) in [7, 11) is 0. The van der Waals surface area contributed by atoms with Crippen molar-refractivity contribution in [3.05, 3.63) is 12.7 Å². The summed E-state index contributed by atoms with van der Waals surface area (Å²) in [6.07, 6.45) is 5.95. The quantitative estimate of drug-likeness (QED) is 0.126. The van der Waals surface area contributed by atoms with Gasteiger partial charge in [0.2, 0.25) is 17.6 Å². The lowest BCUT2D eigenvalue weighted by molar-refractivity contribution is -0.160. The van der Waals surface area contributed by atoms with Crippen molar-refractivity contribution in [2.24, 2.45) is 23.2 Å². The molecule has 0 aromatic rings. The zero-order valence-corrected chi connectivity index (χ0v) is 30.0. The first-order chi connectivity index (χ1) is 21.8. The fourth-order valence-electron chi connectivity index (χ4n) is 6.23. The van der Waals surface area contributed by atoms with Crippen molar-refractivity contribution < 1.29 is 33.5 Å². The number of hydrogen-bond acceptors (Lipinski definition) is 7. The van der Waals surface area contributed by atoms with Gasteiger partial charge in [-0.25, -0.2) is 9.59 Å². The summed E-state index contributed by atoms with van der Waals surface area (Å²) >= 11 is 0. The van der Waals surface area contributed by atoms with Gasteiger partial charge >= 0.3 is 12.0 Å². The molecule has 0 spiro atoms. The Morgan fingerprint density at radius 2 is 1.55 bits per heavy atom. The number of ether oxygens (including phenoxy) is 1. The van der Waals surface area contributed by atoms with Crippen LogP contribution in [0.2, 0.25) is 0 Å². The molecule has 2 fully saturated rings. The van der Waals surface area contributed by atoms with Crippen LogP contribution < -0.4 is 21.3 Å². The summed E-state index contributed by atoms with van der Waals surface area (Å²) in [6, 6.07) is -4.48. The van der Waals surface area contributed by atoms with Gasteiger partial charge in [-0.1, -0.05) is 66.9 Å². The molecule has 1 saturated carbocycles. The van der Waals surface area contributed by atoms with Crippen molar-refractivity contribution in [2.45, 2.75) is 137 Å². The van der Waals surface area contributed by atoms with E-state index >= 15 is 0 Å². The minimum Gasteiger partial charge on any atom is -0.458 e. The maximum atomic E-state index is 14.4. The predicted molar refractivity (Wildman–Crippen MR) is 180 cm³/mol. The van der Waals surface area contributed by atoms with Crippen molar-refractivity contribution in [2.75, 3.05) is 13.1 Å². The van der Waals surface area contributed by atoms with Crippen LogP contribution in [0.5, 0.6) is 0 Å². The summed E-state index contributed by atoms with van der Waals surface area (Å²) in [5.74, 6) is -2.97. The fourth-order valence-corrected chi connectivity index (χ4v) is 6.23. The number of ketones is 1. The van der Waals surface area contributed by atoms with Gasteiger partial charge in [-0.15, -0.1) is 6.58 Å². The summed E-state index contributed by atoms with van der Waals surface area (Å²) in [4.78, 5) is 81.7. The molecule has 5 atom stereocenters. The highest BCUT2D eigenvalue weighted by Gasteiger charge is 2.46. The van der Waals surface area contributed by atoms with E-state index in [4.69, 9.17) is 4.74 Å². The summed E-state index contributed by atoms with van der Waals surface area (Å²) in [5, 5.41) is 10.9. The molecule has 1 unspecified atom stereocenters. The molecule has 0 radical (unpaired) electrons. The predicted octanol–water partition coefficient (Wildman–Crippen LogP) is 3.63. The third kappa shape index (κ3) is 11.6. The first-order valence-electron chi connectivity index (χ1n) is 17.1. The standard InChI is InChI=1S/C35H59N5O7/c1-11-15-24(27(41)30(43)36-18-12-2)37-29(42)25-19-23(21(3)4)20-40(25)31(44)26(22-16-13-14-17-22)38-33(46)39-28(34(5,6)7)32(45)47-35(8,9)10/h12,21-26,28H,2,11,13-20H2,1,3-10H3,(H,36,43)(H,37,42)(H2,38,39,46)/t23-,24?,25+,26+,28-/m1/s1. The molecular weight excluding hydrogens is 602 g/mol. The lowest BCUT2D eigenvalue weighted by Crippen LogP contribution is -2.60. The minimum absolute atomic E-state index is 0.0152. The van der Waals surface area contributed by atoms with E-state index in [-0.39, 0.29) is 36.6 Å². The van der Waals surface area contributed by atoms with Crippen molar-refractivity contribution in [1.82, 2.24) is 26.2 Å². The van der Waals surface area contributed by atoms with Crippen molar-refractivity contribution in [3.63, 3.8) is 0 Å². The van der Waals surface area contributed by atoms with E-state index in [1.165, 1.54) is 11.0 Å². The maximum Gasteiger partial charge on any atom is 0.329 e. The van der Waals surface area contributed by atoms with Crippen LogP contribution in [0.15, 0.2) is 12.7 Å². The molecule has 2 rings (SSSR count). The molecule has 1 saturated heterocycles. The first-order valence-corrected chi connectivity index (χ1v) is 17.1. The molecule has 1 aliphatic carbocycles. The molecule has 4 N–H and O–H groups in total. The Balaban J connectivity index is 2.34. The summed E-state index contributed by atoms with van der Waals surface area (Å²) in [6.45, 7) is 20.6. The van der Waals surface area contributed by atoms with Crippen LogP contribution in [0.4, 0.5) is 4.79 Å². The van der Waals surface area contributed by atoms with Gasteiger partial charge in [0.25, 0.3) is 5.91 Å². The highest BCUT2D eigenvalue weighted by atomic mass is 16.6. The van der Waals surface area contributed by atoms with E-state index in [1.807, 2.05) is 41.5 Å². The zero-order chi connectivity index (χ0) is 35.7. The number of rotatable bonds is 14. The summed E-state index contributed by atoms with van der Waals surface area (Å²) < 4.78 is 5.58. The van der Waals surface area contributed by atoms with E-state index in [1.54, 1.807) is 20.8 Å². The normalized spacial score (nSPS) is 20.6. The zero-order valence-electron chi connectivity index (χ0n) is 30.0. The molecule has 1 aliphatic heterocycles. The van der Waals surface area contributed by atoms with E-state index in [9.17, 15) is 28.8 Å². The van der Waals surface area contributed by atoms with Gasteiger partial charge in [-0.2, -0.15) is 0 Å². The fraction of sp³-hybridized carbons (Fsp3) is 0.771. The number of urea groups is 1. The first kappa shape index (κ1) is 39.7. The monoisotopic (exact) mass is 661 g/mol. The maximum absolute atomic E-state index is 14.4. The van der Waals surface area contributed by atoms with Crippen LogP contribution in [0, 0.1) is 23.2 Å². The Hall–Kier alpha value is -3.44. The Morgan fingerprint density at radius 3 is 2.06 bits per heavy atom. The van der Waals surface area contributed by atoms with Gasteiger partial charge in [0.1, 0.15) is 23.7 Å². The molecule has 1 heterocycles. The molecule has 0 aromatic carbocycles. The number of likely N-dealkylation sites (tertiary alicyclic amines) is 1. The molecule has 12 heteroatoms. The smallest absolute Gasteiger partial charge is 0.329 e. The minimum atomic E-state index is -1.04. The van der Waals surface area contributed by atoms with Crippen LogP contribution in [-0.4, -0.2) is 83.3 Å². The van der Waals surface area contributed by atoms with Gasteiger partial charge in [0.15, 0.2) is 0 Å². The van der Waals surface area contributed by atoms with E-state index in [2.05, 4.69) is 27.8 Å². The lowest BCUT2D eigenvalue weighted by atomic mass is 9.86. The van der Waals surface area contributed by atoms with Crippen LogP contribution in [-0.2, 0) is 28.7 Å². The average Bonchev–Trinajstić information content (AvgIpc) is 3.66. The third-order valence-electron chi connectivity index (χ3n) is 8.91. The molecule has 0 bridgehead atoms. The molecule has 5 amide bonds. The second kappa shape index (κ2) is 17.1. The van der Waals surface area contributed by atoms with Gasteiger partial charge in [-0.05, 0) is 69.6 Å². The van der Waals surface area contributed by atoms with Gasteiger partial charge < -0.3 is 30.9 Å². The molecule has 2 aliphatic rings.